The van der Waals surface area contributed by atoms with Crippen molar-refractivity contribution in [2.45, 2.75) is 20.4 Å². The molecule has 7 heteroatoms. The lowest BCUT2D eigenvalue weighted by atomic mass is 10.2. The van der Waals surface area contributed by atoms with Crippen LogP contribution in [0.1, 0.15) is 29.8 Å². The Labute approximate surface area is 163 Å². The molecule has 0 aromatic heterocycles. The van der Waals surface area contributed by atoms with E-state index < -0.39 is 5.97 Å². The highest BCUT2D eigenvalue weighted by Gasteiger charge is 2.15. The summed E-state index contributed by atoms with van der Waals surface area (Å²) in [6.07, 6.45) is 0. The molecule has 0 heterocycles. The van der Waals surface area contributed by atoms with Gasteiger partial charge in [-0.05, 0) is 48.9 Å². The zero-order valence-corrected chi connectivity index (χ0v) is 16.0. The summed E-state index contributed by atoms with van der Waals surface area (Å²) in [7, 11) is 0. The second-order valence-electron chi connectivity index (χ2n) is 5.85. The molecular formula is C20H21ClN2O4. The Hall–Kier alpha value is -2.86. The maximum Gasteiger partial charge on any atom is 0.338 e. The smallest absolute Gasteiger partial charge is 0.338 e. The minimum absolute atomic E-state index is 0.0857. The van der Waals surface area contributed by atoms with Crippen molar-refractivity contribution in [3.05, 3.63) is 64.7 Å². The van der Waals surface area contributed by atoms with Crippen LogP contribution in [0.15, 0.2) is 48.5 Å². The summed E-state index contributed by atoms with van der Waals surface area (Å²) in [6.45, 7) is 3.67. The van der Waals surface area contributed by atoms with Gasteiger partial charge in [-0.1, -0.05) is 23.7 Å². The number of carbonyl (C=O) groups is 3. The zero-order chi connectivity index (χ0) is 19.8. The number of carbonyl (C=O) groups excluding carboxylic acids is 3. The Balaban J connectivity index is 1.96. The monoisotopic (exact) mass is 388 g/mol. The molecule has 6 nitrogen and oxygen atoms in total. The van der Waals surface area contributed by atoms with E-state index >= 15 is 0 Å². The molecule has 0 saturated carbocycles. The zero-order valence-electron chi connectivity index (χ0n) is 15.2. The number of halogens is 1. The predicted octanol–water partition coefficient (Wildman–Crippen LogP) is 3.50. The molecule has 0 atom stereocenters. The van der Waals surface area contributed by atoms with Crippen LogP contribution in [0.4, 0.5) is 5.69 Å². The maximum atomic E-state index is 12.3. The van der Waals surface area contributed by atoms with E-state index in [0.29, 0.717) is 29.4 Å². The Bertz CT molecular complexity index is 804. The van der Waals surface area contributed by atoms with Gasteiger partial charge in [0.15, 0.2) is 0 Å². The molecule has 0 aliphatic rings. The number of esters is 1. The Morgan fingerprint density at radius 1 is 1.04 bits per heavy atom. The van der Waals surface area contributed by atoms with Crippen LogP contribution in [0.25, 0.3) is 0 Å². The molecule has 0 spiro atoms. The normalized spacial score (nSPS) is 10.2. The molecule has 2 amide bonds. The number of rotatable bonds is 7. The minimum atomic E-state index is -0.416. The fourth-order valence-electron chi connectivity index (χ4n) is 2.37. The fraction of sp³-hybridized carbons (Fsp3) is 0.250. The first kappa shape index (κ1) is 20.5. The molecule has 0 radical (unpaired) electrons. The first-order chi connectivity index (χ1) is 12.9. The predicted molar refractivity (Wildman–Crippen MR) is 104 cm³/mol. The number of nitrogens with one attached hydrogen (secondary N) is 1. The van der Waals surface area contributed by atoms with Gasteiger partial charge < -0.3 is 15.0 Å². The van der Waals surface area contributed by atoms with Crippen molar-refractivity contribution >= 4 is 35.1 Å². The molecule has 27 heavy (non-hydrogen) atoms. The molecule has 2 aromatic rings. The second kappa shape index (κ2) is 9.73. The van der Waals surface area contributed by atoms with Gasteiger partial charge in [-0.15, -0.1) is 0 Å². The van der Waals surface area contributed by atoms with Crippen molar-refractivity contribution in [1.82, 2.24) is 4.90 Å². The minimum Gasteiger partial charge on any atom is -0.462 e. The first-order valence-corrected chi connectivity index (χ1v) is 8.84. The lowest BCUT2D eigenvalue weighted by molar-refractivity contribution is -0.133. The van der Waals surface area contributed by atoms with Crippen LogP contribution in [0.2, 0.25) is 5.02 Å². The van der Waals surface area contributed by atoms with Gasteiger partial charge in [0.1, 0.15) is 6.54 Å². The number of ether oxygens (including phenoxy) is 1. The number of hydrogen-bond donors (Lipinski definition) is 1. The Morgan fingerprint density at radius 3 is 2.22 bits per heavy atom. The highest BCUT2D eigenvalue weighted by molar-refractivity contribution is 6.30. The summed E-state index contributed by atoms with van der Waals surface area (Å²) >= 11 is 5.86. The van der Waals surface area contributed by atoms with E-state index in [1.807, 2.05) is 12.1 Å². The first-order valence-electron chi connectivity index (χ1n) is 8.46. The van der Waals surface area contributed by atoms with Crippen LogP contribution in [0, 0.1) is 0 Å². The average Bonchev–Trinajstić information content (AvgIpc) is 2.63. The van der Waals surface area contributed by atoms with Crippen molar-refractivity contribution in [2.75, 3.05) is 18.5 Å². The average molecular weight is 389 g/mol. The van der Waals surface area contributed by atoms with Crippen LogP contribution in [-0.4, -0.2) is 35.8 Å². The number of amides is 2. The molecule has 1 N–H and O–H groups in total. The topological polar surface area (TPSA) is 75.7 Å². The second-order valence-corrected chi connectivity index (χ2v) is 6.28. The third kappa shape index (κ3) is 6.42. The molecule has 2 rings (SSSR count). The summed E-state index contributed by atoms with van der Waals surface area (Å²) in [6, 6.07) is 13.5. The van der Waals surface area contributed by atoms with Gasteiger partial charge in [-0.2, -0.15) is 0 Å². The Kier molecular flexibility index (Phi) is 7.37. The van der Waals surface area contributed by atoms with Gasteiger partial charge in [0.05, 0.1) is 12.2 Å². The van der Waals surface area contributed by atoms with Gasteiger partial charge in [0.2, 0.25) is 11.8 Å². The van der Waals surface area contributed by atoms with E-state index in [0.717, 1.165) is 5.56 Å². The van der Waals surface area contributed by atoms with Gasteiger partial charge in [-0.3, -0.25) is 9.59 Å². The number of benzene rings is 2. The summed E-state index contributed by atoms with van der Waals surface area (Å²) < 4.78 is 4.91. The summed E-state index contributed by atoms with van der Waals surface area (Å²) in [4.78, 5) is 37.2. The lowest BCUT2D eigenvalue weighted by Crippen LogP contribution is -2.36. The lowest BCUT2D eigenvalue weighted by Gasteiger charge is -2.20. The largest absolute Gasteiger partial charge is 0.462 e. The van der Waals surface area contributed by atoms with Gasteiger partial charge in [-0.25, -0.2) is 4.79 Å². The van der Waals surface area contributed by atoms with Gasteiger partial charge in [0.25, 0.3) is 0 Å². The third-order valence-corrected chi connectivity index (χ3v) is 4.00. The van der Waals surface area contributed by atoms with Crippen molar-refractivity contribution in [1.29, 1.82) is 0 Å². The Morgan fingerprint density at radius 2 is 1.67 bits per heavy atom. The molecule has 0 unspecified atom stereocenters. The quantitative estimate of drug-likeness (QED) is 0.736. The van der Waals surface area contributed by atoms with E-state index in [-0.39, 0.29) is 18.4 Å². The number of hydrogen-bond acceptors (Lipinski definition) is 4. The molecular weight excluding hydrogens is 368 g/mol. The molecule has 0 aliphatic heterocycles. The summed E-state index contributed by atoms with van der Waals surface area (Å²) in [5.41, 5.74) is 1.81. The van der Waals surface area contributed by atoms with Crippen LogP contribution in [0.3, 0.4) is 0 Å². The van der Waals surface area contributed by atoms with Crippen molar-refractivity contribution in [3.8, 4) is 0 Å². The standard InChI is InChI=1S/C20H21ClN2O4/c1-3-27-20(26)16-6-10-18(11-7-16)22-19(25)13-23(14(2)24)12-15-4-8-17(21)9-5-15/h4-11H,3,12-13H2,1-2H3,(H,22,25). The van der Waals surface area contributed by atoms with E-state index in [2.05, 4.69) is 5.32 Å². The van der Waals surface area contributed by atoms with Crippen molar-refractivity contribution in [2.24, 2.45) is 0 Å². The summed E-state index contributed by atoms with van der Waals surface area (Å²) in [5, 5.41) is 3.32. The van der Waals surface area contributed by atoms with E-state index in [1.54, 1.807) is 43.3 Å². The number of nitrogens with zero attached hydrogens (tertiary/aromatic N) is 1. The third-order valence-electron chi connectivity index (χ3n) is 3.75. The maximum absolute atomic E-state index is 12.3. The van der Waals surface area contributed by atoms with Gasteiger partial charge in [0, 0.05) is 24.2 Å². The van der Waals surface area contributed by atoms with Crippen LogP contribution in [-0.2, 0) is 20.9 Å². The number of anilines is 1. The van der Waals surface area contributed by atoms with Crippen LogP contribution >= 0.6 is 11.6 Å². The fourth-order valence-corrected chi connectivity index (χ4v) is 2.49. The van der Waals surface area contributed by atoms with Crippen LogP contribution < -0.4 is 5.32 Å². The van der Waals surface area contributed by atoms with E-state index in [1.165, 1.54) is 11.8 Å². The molecule has 142 valence electrons. The van der Waals surface area contributed by atoms with Gasteiger partial charge >= 0.3 is 5.97 Å². The van der Waals surface area contributed by atoms with Crippen molar-refractivity contribution < 1.29 is 19.1 Å². The highest BCUT2D eigenvalue weighted by Crippen LogP contribution is 2.13. The SMILES string of the molecule is CCOC(=O)c1ccc(NC(=O)CN(Cc2ccc(Cl)cc2)C(C)=O)cc1. The molecule has 0 bridgehead atoms. The molecule has 0 fully saturated rings. The molecule has 2 aromatic carbocycles. The highest BCUT2D eigenvalue weighted by atomic mass is 35.5. The summed E-state index contributed by atoms with van der Waals surface area (Å²) in [5.74, 6) is -0.957. The van der Waals surface area contributed by atoms with Crippen LogP contribution in [0.5, 0.6) is 0 Å². The van der Waals surface area contributed by atoms with Crippen molar-refractivity contribution in [3.63, 3.8) is 0 Å². The van der Waals surface area contributed by atoms with E-state index in [4.69, 9.17) is 16.3 Å². The van der Waals surface area contributed by atoms with E-state index in [9.17, 15) is 14.4 Å². The molecule has 0 saturated heterocycles. The molecule has 0 aliphatic carbocycles.